The molecular formula is C45H91NO5. The van der Waals surface area contributed by atoms with Gasteiger partial charge in [-0.1, -0.05) is 194 Å². The molecule has 0 aromatic carbocycles. The molecule has 0 aliphatic carbocycles. The highest BCUT2D eigenvalue weighted by Gasteiger charge is 2.06. The second kappa shape index (κ2) is 46.9. The van der Waals surface area contributed by atoms with E-state index in [1.165, 1.54) is 167 Å². The van der Waals surface area contributed by atoms with Crippen LogP contribution in [0.1, 0.15) is 240 Å². The Morgan fingerprint density at radius 3 is 1.08 bits per heavy atom. The number of aliphatic hydroxyl groups excluding tert-OH is 1. The average Bonchev–Trinajstić information content (AvgIpc) is 3.12. The van der Waals surface area contributed by atoms with E-state index in [0.29, 0.717) is 19.6 Å². The maximum Gasteiger partial charge on any atom is 0.305 e. The Kier molecular flexibility index (Phi) is 47.8. The third kappa shape index (κ3) is 48.9. The molecule has 0 bridgehead atoms. The van der Waals surface area contributed by atoms with Gasteiger partial charge in [0.25, 0.3) is 0 Å². The Labute approximate surface area is 319 Å². The first-order valence-electron chi connectivity index (χ1n) is 22.6. The molecule has 0 aromatic heterocycles. The maximum atomic E-state index is 11.8. The zero-order chi connectivity index (χ0) is 37.7. The van der Waals surface area contributed by atoms with Crippen LogP contribution in [-0.2, 0) is 19.1 Å². The zero-order valence-electron chi connectivity index (χ0n) is 35.1. The summed E-state index contributed by atoms with van der Waals surface area (Å²) in [6.07, 6.45) is 41.9. The summed E-state index contributed by atoms with van der Waals surface area (Å²) in [6, 6.07) is 0. The quantitative estimate of drug-likeness (QED) is 0.0501. The molecule has 0 unspecified atom stereocenters. The van der Waals surface area contributed by atoms with E-state index < -0.39 is 0 Å². The fourth-order valence-corrected chi connectivity index (χ4v) is 6.56. The van der Waals surface area contributed by atoms with Crippen LogP contribution in [-0.4, -0.2) is 61.4 Å². The fraction of sp³-hybridized carbons (Fsp3) is 0.956. The number of rotatable bonds is 40. The predicted octanol–water partition coefficient (Wildman–Crippen LogP) is 13.3. The van der Waals surface area contributed by atoms with Crippen LogP contribution < -0.4 is 0 Å². The van der Waals surface area contributed by atoms with Gasteiger partial charge in [-0.2, -0.15) is 0 Å². The molecule has 51 heavy (non-hydrogen) atoms. The molecule has 0 fully saturated rings. The van der Waals surface area contributed by atoms with Crippen LogP contribution in [0.5, 0.6) is 0 Å². The molecule has 0 saturated heterocycles. The summed E-state index contributed by atoms with van der Waals surface area (Å²) in [6.45, 7) is 12.5. The summed E-state index contributed by atoms with van der Waals surface area (Å²) in [5.74, 6) is -0.217. The van der Waals surface area contributed by atoms with E-state index in [9.17, 15) is 14.7 Å². The molecule has 0 rings (SSSR count). The number of esters is 2. The summed E-state index contributed by atoms with van der Waals surface area (Å²) in [4.78, 5) is 24.9. The Morgan fingerprint density at radius 1 is 0.412 bits per heavy atom. The van der Waals surface area contributed by atoms with Gasteiger partial charge in [-0.3, -0.25) is 9.59 Å². The van der Waals surface area contributed by atoms with E-state index in [-0.39, 0.29) is 18.5 Å². The van der Waals surface area contributed by atoms with Gasteiger partial charge in [0.2, 0.25) is 0 Å². The average molecular weight is 726 g/mol. The van der Waals surface area contributed by atoms with Crippen molar-refractivity contribution >= 4 is 11.9 Å². The van der Waals surface area contributed by atoms with E-state index in [4.69, 9.17) is 9.47 Å². The summed E-state index contributed by atoms with van der Waals surface area (Å²) in [7, 11) is 0. The fourth-order valence-electron chi connectivity index (χ4n) is 6.56. The SMILES string of the molecule is CCCCCCCCCCCCCCC.CCCCCCCCCOC(=O)CCCCCCCN(CCO)CCCCCCCCCOC(C)=O. The van der Waals surface area contributed by atoms with Crippen molar-refractivity contribution in [2.24, 2.45) is 0 Å². The molecule has 306 valence electrons. The molecule has 6 heteroatoms. The topological polar surface area (TPSA) is 76.1 Å². The molecule has 0 heterocycles. The van der Waals surface area contributed by atoms with E-state index >= 15 is 0 Å². The predicted molar refractivity (Wildman–Crippen MR) is 221 cm³/mol. The summed E-state index contributed by atoms with van der Waals surface area (Å²) < 4.78 is 10.3. The van der Waals surface area contributed by atoms with Gasteiger partial charge in [0.05, 0.1) is 19.8 Å². The molecule has 0 radical (unpaired) electrons. The number of aliphatic hydroxyl groups is 1. The molecule has 0 saturated carbocycles. The first-order valence-corrected chi connectivity index (χ1v) is 22.6. The number of carbonyl (C=O) groups is 2. The molecule has 1 N–H and O–H groups in total. The van der Waals surface area contributed by atoms with Crippen LogP contribution in [0.2, 0.25) is 0 Å². The van der Waals surface area contributed by atoms with Crippen LogP contribution in [0.25, 0.3) is 0 Å². The highest BCUT2D eigenvalue weighted by Crippen LogP contribution is 2.13. The molecular weight excluding hydrogens is 634 g/mol. The number of hydrogen-bond donors (Lipinski definition) is 1. The van der Waals surface area contributed by atoms with Gasteiger partial charge in [-0.05, 0) is 45.2 Å². The van der Waals surface area contributed by atoms with Crippen LogP contribution in [0.3, 0.4) is 0 Å². The van der Waals surface area contributed by atoms with E-state index in [2.05, 4.69) is 25.7 Å². The Hall–Kier alpha value is -1.14. The lowest BCUT2D eigenvalue weighted by Gasteiger charge is -2.21. The van der Waals surface area contributed by atoms with Crippen molar-refractivity contribution in [1.82, 2.24) is 4.90 Å². The minimum atomic E-state index is -0.186. The molecule has 0 spiro atoms. The van der Waals surface area contributed by atoms with Crippen LogP contribution in [0, 0.1) is 0 Å². The van der Waals surface area contributed by atoms with Crippen molar-refractivity contribution in [3.8, 4) is 0 Å². The molecule has 0 amide bonds. The second-order valence-corrected chi connectivity index (χ2v) is 15.1. The minimum Gasteiger partial charge on any atom is -0.466 e. The van der Waals surface area contributed by atoms with Crippen molar-refractivity contribution in [2.45, 2.75) is 240 Å². The minimum absolute atomic E-state index is 0.0305. The molecule has 6 nitrogen and oxygen atoms in total. The van der Waals surface area contributed by atoms with Gasteiger partial charge in [-0.15, -0.1) is 0 Å². The zero-order valence-corrected chi connectivity index (χ0v) is 35.1. The summed E-state index contributed by atoms with van der Waals surface area (Å²) >= 11 is 0. The Bertz CT molecular complexity index is 661. The number of nitrogens with zero attached hydrogens (tertiary/aromatic N) is 1. The van der Waals surface area contributed by atoms with Crippen molar-refractivity contribution < 1.29 is 24.2 Å². The van der Waals surface area contributed by atoms with Crippen molar-refractivity contribution in [3.05, 3.63) is 0 Å². The van der Waals surface area contributed by atoms with Crippen molar-refractivity contribution in [1.29, 1.82) is 0 Å². The Balaban J connectivity index is 0. The molecule has 0 aromatic rings. The molecule has 0 aliphatic heterocycles. The monoisotopic (exact) mass is 726 g/mol. The van der Waals surface area contributed by atoms with Gasteiger partial charge < -0.3 is 19.5 Å². The van der Waals surface area contributed by atoms with Gasteiger partial charge in [0.15, 0.2) is 0 Å². The van der Waals surface area contributed by atoms with Crippen molar-refractivity contribution in [3.63, 3.8) is 0 Å². The molecule has 0 aliphatic rings. The third-order valence-electron chi connectivity index (χ3n) is 9.91. The van der Waals surface area contributed by atoms with Gasteiger partial charge in [-0.25, -0.2) is 0 Å². The molecule has 0 atom stereocenters. The maximum absolute atomic E-state index is 11.8. The van der Waals surface area contributed by atoms with Gasteiger partial charge in [0.1, 0.15) is 0 Å². The van der Waals surface area contributed by atoms with Crippen LogP contribution >= 0.6 is 0 Å². The number of hydrogen-bond acceptors (Lipinski definition) is 6. The lowest BCUT2D eigenvalue weighted by Crippen LogP contribution is -2.29. The van der Waals surface area contributed by atoms with Gasteiger partial charge in [0, 0.05) is 19.9 Å². The Morgan fingerprint density at radius 2 is 0.725 bits per heavy atom. The number of ether oxygens (including phenoxy) is 2. The van der Waals surface area contributed by atoms with E-state index in [1.54, 1.807) is 0 Å². The third-order valence-corrected chi connectivity index (χ3v) is 9.91. The summed E-state index contributed by atoms with van der Waals surface area (Å²) in [5, 5.41) is 9.36. The smallest absolute Gasteiger partial charge is 0.305 e. The summed E-state index contributed by atoms with van der Waals surface area (Å²) in [5.41, 5.74) is 0. The van der Waals surface area contributed by atoms with Gasteiger partial charge >= 0.3 is 11.9 Å². The van der Waals surface area contributed by atoms with Crippen LogP contribution in [0.4, 0.5) is 0 Å². The van der Waals surface area contributed by atoms with E-state index in [0.717, 1.165) is 64.6 Å². The first-order chi connectivity index (χ1) is 25.0. The number of unbranched alkanes of at least 4 members (excludes halogenated alkanes) is 28. The standard InChI is InChI=1S/C30H59NO5.C15H32/c1-3-4-5-6-9-16-21-28-36-30(34)22-17-12-11-14-19-24-31(25-26-32)23-18-13-8-7-10-15-20-27-35-29(2)33;1-3-5-7-9-11-13-15-14-12-10-8-6-4-2/h32H,3-28H2,1-2H3;3-15H2,1-2H3. The lowest BCUT2D eigenvalue weighted by molar-refractivity contribution is -0.144. The second-order valence-electron chi connectivity index (χ2n) is 15.1. The van der Waals surface area contributed by atoms with Crippen molar-refractivity contribution in [2.75, 3.05) is 39.5 Å². The largest absolute Gasteiger partial charge is 0.466 e. The normalized spacial score (nSPS) is 11.1. The lowest BCUT2D eigenvalue weighted by atomic mass is 10.1. The highest BCUT2D eigenvalue weighted by molar-refractivity contribution is 5.69. The van der Waals surface area contributed by atoms with E-state index in [1.807, 2.05) is 0 Å². The first kappa shape index (κ1) is 52.0. The highest BCUT2D eigenvalue weighted by atomic mass is 16.5. The van der Waals surface area contributed by atoms with Crippen LogP contribution in [0.15, 0.2) is 0 Å². The number of carbonyl (C=O) groups excluding carboxylic acids is 2.